The molecule has 222 valence electrons. The molecule has 43 heavy (non-hydrogen) atoms. The van der Waals surface area contributed by atoms with Gasteiger partial charge in [-0.1, -0.05) is 0 Å². The number of rotatable bonds is 7. The van der Waals surface area contributed by atoms with Crippen molar-refractivity contribution in [3.8, 4) is 17.3 Å². The van der Waals surface area contributed by atoms with Crippen LogP contribution in [0.25, 0.3) is 22.2 Å². The van der Waals surface area contributed by atoms with Gasteiger partial charge in [0.2, 0.25) is 5.91 Å². The van der Waals surface area contributed by atoms with Gasteiger partial charge in [-0.15, -0.1) is 11.3 Å². The number of aliphatic hydroxyl groups excluding tert-OH is 1. The molecule has 4 aromatic rings. The lowest BCUT2D eigenvalue weighted by molar-refractivity contribution is -0.142. The Labute approximate surface area is 251 Å². The molecular formula is C30H30F2N8O2S. The summed E-state index contributed by atoms with van der Waals surface area (Å²) in [5.41, 5.74) is 4.15. The zero-order valence-electron chi connectivity index (χ0n) is 23.6. The lowest BCUT2D eigenvalue weighted by Crippen LogP contribution is -2.57. The standard InChI is InChI=1S/C30H30F2N8O2S/c1-36(25-10-18(31)2-5-22(25)29-26(13-33)43-17-34-29)30-23-11-20(12-24(32)28(23)35-40(30)19-3-4-19)38-8-6-37(7-9-38)16-27(42)39-14-21(41)15-39/h2,5,10-12,17,19,21,41H,3-4,6-9,14-16H2,1H3. The van der Waals surface area contributed by atoms with Crippen LogP contribution in [0.3, 0.4) is 0 Å². The maximum Gasteiger partial charge on any atom is 0.236 e. The topological polar surface area (TPSA) is 105 Å². The molecule has 0 bridgehead atoms. The van der Waals surface area contributed by atoms with Crippen LogP contribution in [0.2, 0.25) is 0 Å². The van der Waals surface area contributed by atoms with Gasteiger partial charge in [-0.05, 0) is 43.2 Å². The molecule has 1 aliphatic carbocycles. The highest BCUT2D eigenvalue weighted by Crippen LogP contribution is 2.45. The van der Waals surface area contributed by atoms with Crippen LogP contribution in [0, 0.1) is 23.0 Å². The van der Waals surface area contributed by atoms with Crippen LogP contribution >= 0.6 is 11.3 Å². The predicted molar refractivity (Wildman–Crippen MR) is 159 cm³/mol. The molecule has 0 unspecified atom stereocenters. The van der Waals surface area contributed by atoms with E-state index in [0.717, 1.165) is 18.5 Å². The van der Waals surface area contributed by atoms with Crippen LogP contribution in [-0.4, -0.2) is 94.5 Å². The maximum atomic E-state index is 15.7. The van der Waals surface area contributed by atoms with Crippen LogP contribution in [-0.2, 0) is 4.79 Å². The van der Waals surface area contributed by atoms with Crippen LogP contribution in [0.5, 0.6) is 0 Å². The molecule has 1 amide bonds. The zero-order valence-corrected chi connectivity index (χ0v) is 24.4. The summed E-state index contributed by atoms with van der Waals surface area (Å²) in [6, 6.07) is 10.1. The van der Waals surface area contributed by atoms with Crippen molar-refractivity contribution in [1.29, 1.82) is 5.26 Å². The first kappa shape index (κ1) is 27.7. The minimum Gasteiger partial charge on any atom is -0.389 e. The van der Waals surface area contributed by atoms with Crippen molar-refractivity contribution in [1.82, 2.24) is 24.6 Å². The number of carbonyl (C=O) groups is 1. The normalized spacial score (nSPS) is 17.7. The molecule has 0 radical (unpaired) electrons. The van der Waals surface area contributed by atoms with E-state index in [-0.39, 0.29) is 17.5 Å². The molecule has 3 fully saturated rings. The third kappa shape index (κ3) is 5.09. The second kappa shape index (κ2) is 10.9. The number of aliphatic hydroxyl groups is 1. The lowest BCUT2D eigenvalue weighted by atomic mass is 10.1. The fourth-order valence-electron chi connectivity index (χ4n) is 5.95. The molecule has 4 heterocycles. The molecule has 7 rings (SSSR count). The molecule has 0 atom stereocenters. The average molecular weight is 605 g/mol. The van der Waals surface area contributed by atoms with E-state index in [0.29, 0.717) is 78.8 Å². The van der Waals surface area contributed by atoms with Crippen molar-refractivity contribution >= 4 is 45.3 Å². The number of nitrogens with zero attached hydrogens (tertiary/aromatic N) is 8. The minimum atomic E-state index is -0.436. The number of nitriles is 1. The molecule has 2 aliphatic heterocycles. The molecule has 10 nitrogen and oxygen atoms in total. The Morgan fingerprint density at radius 2 is 1.93 bits per heavy atom. The van der Waals surface area contributed by atoms with Gasteiger partial charge in [0, 0.05) is 63.0 Å². The van der Waals surface area contributed by atoms with Gasteiger partial charge in [-0.25, -0.2) is 18.4 Å². The largest absolute Gasteiger partial charge is 0.389 e. The van der Waals surface area contributed by atoms with Crippen LogP contribution in [0.4, 0.5) is 26.0 Å². The Bertz CT molecular complexity index is 1750. The SMILES string of the molecule is CN(c1cc(F)ccc1-c1ncsc1C#N)c1c2cc(N3CCN(CC(=O)N4CC(O)C4)CC3)cc(F)c2nn1C1CC1. The first-order valence-corrected chi connectivity index (χ1v) is 15.2. The Balaban J connectivity index is 1.21. The van der Waals surface area contributed by atoms with Gasteiger partial charge in [-0.3, -0.25) is 9.69 Å². The third-order valence-corrected chi connectivity index (χ3v) is 9.21. The molecule has 13 heteroatoms. The van der Waals surface area contributed by atoms with Gasteiger partial charge in [0.05, 0.1) is 29.9 Å². The number of fused-ring (bicyclic) bond motifs is 1. The van der Waals surface area contributed by atoms with Gasteiger partial charge in [0.15, 0.2) is 5.82 Å². The number of thiazole rings is 1. The van der Waals surface area contributed by atoms with Crippen molar-refractivity contribution in [2.45, 2.75) is 25.0 Å². The van der Waals surface area contributed by atoms with Crippen LogP contribution < -0.4 is 9.80 Å². The van der Waals surface area contributed by atoms with E-state index in [4.69, 9.17) is 0 Å². The summed E-state index contributed by atoms with van der Waals surface area (Å²) in [4.78, 5) is 25.0. The summed E-state index contributed by atoms with van der Waals surface area (Å²) < 4.78 is 32.2. The van der Waals surface area contributed by atoms with Crippen LogP contribution in [0.15, 0.2) is 35.8 Å². The number of likely N-dealkylation sites (tertiary alicyclic amines) is 1. The number of hydrogen-bond acceptors (Lipinski definition) is 9. The first-order chi connectivity index (χ1) is 20.8. The van der Waals surface area contributed by atoms with Crippen LogP contribution in [0.1, 0.15) is 23.8 Å². The Kier molecular flexibility index (Phi) is 6.99. The fourth-order valence-corrected chi connectivity index (χ4v) is 6.54. The number of aromatic nitrogens is 3. The quantitative estimate of drug-likeness (QED) is 0.340. The number of halogens is 2. The van der Waals surface area contributed by atoms with E-state index in [1.165, 1.54) is 29.5 Å². The number of amides is 1. The van der Waals surface area contributed by atoms with Gasteiger partial charge < -0.3 is 19.8 Å². The fraction of sp³-hybridized carbons (Fsp3) is 0.400. The maximum absolute atomic E-state index is 15.7. The van der Waals surface area contributed by atoms with Crippen molar-refractivity contribution < 1.29 is 18.7 Å². The van der Waals surface area contributed by atoms with E-state index >= 15 is 4.39 Å². The summed E-state index contributed by atoms with van der Waals surface area (Å²) in [6.45, 7) is 3.64. The van der Waals surface area contributed by atoms with E-state index < -0.39 is 17.7 Å². The predicted octanol–water partition coefficient (Wildman–Crippen LogP) is 3.74. The van der Waals surface area contributed by atoms with E-state index in [1.807, 2.05) is 22.7 Å². The number of piperazine rings is 1. The first-order valence-electron chi connectivity index (χ1n) is 14.3. The van der Waals surface area contributed by atoms with Crippen molar-refractivity contribution in [3.05, 3.63) is 52.4 Å². The minimum absolute atomic E-state index is 0.0163. The lowest BCUT2D eigenvalue weighted by Gasteiger charge is -2.39. The highest BCUT2D eigenvalue weighted by molar-refractivity contribution is 7.10. The summed E-state index contributed by atoms with van der Waals surface area (Å²) in [6.07, 6.45) is 1.41. The highest BCUT2D eigenvalue weighted by atomic mass is 32.1. The smallest absolute Gasteiger partial charge is 0.236 e. The highest BCUT2D eigenvalue weighted by Gasteiger charge is 2.33. The Morgan fingerprint density at radius 1 is 1.16 bits per heavy atom. The molecule has 1 N–H and O–H groups in total. The van der Waals surface area contributed by atoms with Crippen molar-refractivity contribution in [2.75, 3.05) is 62.7 Å². The molecular weight excluding hydrogens is 574 g/mol. The summed E-state index contributed by atoms with van der Waals surface area (Å²) >= 11 is 1.22. The molecule has 2 aromatic carbocycles. The molecule has 3 aliphatic rings. The number of β-amino-alcohol motifs (C(OH)–C–C–N with tert-alkyl or cyclic N) is 1. The molecule has 1 saturated carbocycles. The third-order valence-electron chi connectivity index (χ3n) is 8.48. The van der Waals surface area contributed by atoms with Gasteiger partial charge >= 0.3 is 0 Å². The van der Waals surface area contributed by atoms with Crippen molar-refractivity contribution in [3.63, 3.8) is 0 Å². The second-order valence-corrected chi connectivity index (χ2v) is 12.3. The monoisotopic (exact) mass is 604 g/mol. The number of anilines is 3. The Hall–Kier alpha value is -4.12. The number of benzene rings is 2. The average Bonchev–Trinajstić information content (AvgIpc) is 3.59. The molecule has 0 spiro atoms. The number of hydrogen-bond donors (Lipinski definition) is 1. The van der Waals surface area contributed by atoms with E-state index in [2.05, 4.69) is 26.0 Å². The molecule has 2 saturated heterocycles. The van der Waals surface area contributed by atoms with E-state index in [9.17, 15) is 19.6 Å². The molecule has 2 aromatic heterocycles. The van der Waals surface area contributed by atoms with Gasteiger partial charge in [0.1, 0.15) is 33.8 Å². The summed E-state index contributed by atoms with van der Waals surface area (Å²) in [5.74, 6) is -0.196. The van der Waals surface area contributed by atoms with Gasteiger partial charge in [0.25, 0.3) is 0 Å². The number of carbonyl (C=O) groups excluding carboxylic acids is 1. The summed E-state index contributed by atoms with van der Waals surface area (Å²) in [7, 11) is 1.81. The second-order valence-electron chi connectivity index (χ2n) is 11.4. The van der Waals surface area contributed by atoms with Gasteiger partial charge in [-0.2, -0.15) is 10.4 Å². The summed E-state index contributed by atoms with van der Waals surface area (Å²) in [5, 5.41) is 24.4. The Morgan fingerprint density at radius 3 is 2.63 bits per heavy atom. The van der Waals surface area contributed by atoms with Crippen molar-refractivity contribution in [2.24, 2.45) is 0 Å². The zero-order chi connectivity index (χ0) is 29.8. The van der Waals surface area contributed by atoms with E-state index in [1.54, 1.807) is 16.5 Å².